The van der Waals surface area contributed by atoms with Crippen LogP contribution in [-0.4, -0.2) is 11.7 Å². The lowest BCUT2D eigenvalue weighted by atomic mass is 10.1. The molecule has 3 heteroatoms. The van der Waals surface area contributed by atoms with Crippen LogP contribution >= 0.6 is 0 Å². The van der Waals surface area contributed by atoms with Gasteiger partial charge in [0.1, 0.15) is 0 Å². The average Bonchev–Trinajstić information content (AvgIpc) is 2.46. The molecule has 3 nitrogen and oxygen atoms in total. The molecule has 0 spiro atoms. The van der Waals surface area contributed by atoms with Gasteiger partial charge < -0.3 is 5.32 Å². The van der Waals surface area contributed by atoms with Crippen molar-refractivity contribution in [2.24, 2.45) is 0 Å². The standard InChI is InChI=1S/C17H15NO2/c1-13(19)18-16-10-6-5-7-14(16)11-12-17(20)15-8-3-2-4-9-15/h2-12H,1H3,(H,18,19)/b12-11+. The Balaban J connectivity index is 2.19. The van der Waals surface area contributed by atoms with Gasteiger partial charge in [-0.1, -0.05) is 48.5 Å². The van der Waals surface area contributed by atoms with Crippen molar-refractivity contribution >= 4 is 23.5 Å². The molecule has 100 valence electrons. The highest BCUT2D eigenvalue weighted by molar-refractivity contribution is 6.07. The fourth-order valence-corrected chi connectivity index (χ4v) is 1.81. The van der Waals surface area contributed by atoms with Crippen molar-refractivity contribution in [2.75, 3.05) is 5.32 Å². The van der Waals surface area contributed by atoms with Crippen LogP contribution in [0.15, 0.2) is 60.7 Å². The molecule has 0 heterocycles. The van der Waals surface area contributed by atoms with Crippen molar-refractivity contribution in [2.45, 2.75) is 6.92 Å². The van der Waals surface area contributed by atoms with Gasteiger partial charge in [0, 0.05) is 18.2 Å². The smallest absolute Gasteiger partial charge is 0.221 e. The summed E-state index contributed by atoms with van der Waals surface area (Å²) in [6.45, 7) is 1.45. The third-order valence-corrected chi connectivity index (χ3v) is 2.74. The Bertz CT molecular complexity index is 645. The summed E-state index contributed by atoms with van der Waals surface area (Å²) in [7, 11) is 0. The van der Waals surface area contributed by atoms with E-state index >= 15 is 0 Å². The molecule has 0 unspecified atom stereocenters. The van der Waals surface area contributed by atoms with Crippen LogP contribution < -0.4 is 5.32 Å². The van der Waals surface area contributed by atoms with Crippen molar-refractivity contribution in [1.29, 1.82) is 0 Å². The van der Waals surface area contributed by atoms with E-state index in [0.717, 1.165) is 5.56 Å². The fourth-order valence-electron chi connectivity index (χ4n) is 1.81. The summed E-state index contributed by atoms with van der Waals surface area (Å²) >= 11 is 0. The zero-order valence-corrected chi connectivity index (χ0v) is 11.2. The van der Waals surface area contributed by atoms with E-state index in [9.17, 15) is 9.59 Å². The van der Waals surface area contributed by atoms with E-state index in [2.05, 4.69) is 5.32 Å². The molecular formula is C17H15NO2. The first-order chi connectivity index (χ1) is 9.66. The van der Waals surface area contributed by atoms with Gasteiger partial charge >= 0.3 is 0 Å². The molecule has 0 aliphatic heterocycles. The highest BCUT2D eigenvalue weighted by Crippen LogP contribution is 2.17. The highest BCUT2D eigenvalue weighted by Gasteiger charge is 2.02. The van der Waals surface area contributed by atoms with Gasteiger partial charge in [0.2, 0.25) is 5.91 Å². The minimum atomic E-state index is -0.139. The number of hydrogen-bond donors (Lipinski definition) is 1. The Morgan fingerprint density at radius 3 is 2.30 bits per heavy atom. The summed E-state index contributed by atoms with van der Waals surface area (Å²) in [4.78, 5) is 23.1. The lowest BCUT2D eigenvalue weighted by molar-refractivity contribution is -0.114. The molecule has 2 aromatic rings. The summed E-state index contributed by atoms with van der Waals surface area (Å²) in [6, 6.07) is 16.4. The van der Waals surface area contributed by atoms with Crippen molar-refractivity contribution in [3.8, 4) is 0 Å². The van der Waals surface area contributed by atoms with Crippen molar-refractivity contribution in [3.05, 3.63) is 71.8 Å². The van der Waals surface area contributed by atoms with Crippen LogP contribution in [0.3, 0.4) is 0 Å². The van der Waals surface area contributed by atoms with Crippen LogP contribution in [0.1, 0.15) is 22.8 Å². The Labute approximate surface area is 117 Å². The second-order valence-corrected chi connectivity index (χ2v) is 4.33. The summed E-state index contributed by atoms with van der Waals surface area (Å²) in [5.74, 6) is -0.205. The van der Waals surface area contributed by atoms with E-state index in [-0.39, 0.29) is 11.7 Å². The van der Waals surface area contributed by atoms with E-state index < -0.39 is 0 Å². The Kier molecular flexibility index (Phi) is 4.45. The number of hydrogen-bond acceptors (Lipinski definition) is 2. The van der Waals surface area contributed by atoms with Crippen LogP contribution in [0.5, 0.6) is 0 Å². The number of allylic oxidation sites excluding steroid dienone is 1. The number of rotatable bonds is 4. The maximum atomic E-state index is 12.0. The first kappa shape index (κ1) is 13.7. The summed E-state index contributed by atoms with van der Waals surface area (Å²) < 4.78 is 0. The number of carbonyl (C=O) groups is 2. The van der Waals surface area contributed by atoms with Gasteiger partial charge in [0.15, 0.2) is 5.78 Å². The van der Waals surface area contributed by atoms with Gasteiger partial charge in [-0.15, -0.1) is 0 Å². The Morgan fingerprint density at radius 2 is 1.60 bits per heavy atom. The minimum Gasteiger partial charge on any atom is -0.326 e. The number of anilines is 1. The van der Waals surface area contributed by atoms with E-state index in [1.54, 1.807) is 24.3 Å². The van der Waals surface area contributed by atoms with Gasteiger partial charge in [-0.25, -0.2) is 0 Å². The Morgan fingerprint density at radius 1 is 0.950 bits per heavy atom. The number of ketones is 1. The molecule has 0 aromatic heterocycles. The first-order valence-corrected chi connectivity index (χ1v) is 6.31. The zero-order valence-electron chi connectivity index (χ0n) is 11.2. The molecule has 0 fully saturated rings. The number of amides is 1. The topological polar surface area (TPSA) is 46.2 Å². The average molecular weight is 265 g/mol. The molecule has 0 bridgehead atoms. The zero-order chi connectivity index (χ0) is 14.4. The van der Waals surface area contributed by atoms with E-state index in [1.165, 1.54) is 13.0 Å². The summed E-state index contributed by atoms with van der Waals surface area (Å²) in [6.07, 6.45) is 3.22. The molecule has 2 aromatic carbocycles. The molecule has 0 saturated carbocycles. The van der Waals surface area contributed by atoms with E-state index in [4.69, 9.17) is 0 Å². The number of nitrogens with one attached hydrogen (secondary N) is 1. The molecule has 1 amide bonds. The second kappa shape index (κ2) is 6.48. The van der Waals surface area contributed by atoms with Crippen LogP contribution in [0, 0.1) is 0 Å². The molecule has 0 radical (unpaired) electrons. The predicted octanol–water partition coefficient (Wildman–Crippen LogP) is 3.54. The fraction of sp³-hybridized carbons (Fsp3) is 0.0588. The van der Waals surface area contributed by atoms with Crippen LogP contribution in [0.4, 0.5) is 5.69 Å². The van der Waals surface area contributed by atoms with Crippen LogP contribution in [0.2, 0.25) is 0 Å². The van der Waals surface area contributed by atoms with Gasteiger partial charge in [-0.05, 0) is 23.8 Å². The van der Waals surface area contributed by atoms with Crippen molar-refractivity contribution in [3.63, 3.8) is 0 Å². The second-order valence-electron chi connectivity index (χ2n) is 4.33. The molecule has 0 aliphatic rings. The first-order valence-electron chi connectivity index (χ1n) is 6.31. The molecule has 20 heavy (non-hydrogen) atoms. The maximum Gasteiger partial charge on any atom is 0.221 e. The van der Waals surface area contributed by atoms with E-state index in [0.29, 0.717) is 11.3 Å². The molecule has 0 aliphatic carbocycles. The third kappa shape index (κ3) is 3.65. The Hall–Kier alpha value is -2.68. The van der Waals surface area contributed by atoms with Crippen molar-refractivity contribution in [1.82, 2.24) is 0 Å². The van der Waals surface area contributed by atoms with Gasteiger partial charge in [-0.3, -0.25) is 9.59 Å². The minimum absolute atomic E-state index is 0.0665. The monoisotopic (exact) mass is 265 g/mol. The quantitative estimate of drug-likeness (QED) is 0.679. The number of benzene rings is 2. The van der Waals surface area contributed by atoms with E-state index in [1.807, 2.05) is 36.4 Å². The van der Waals surface area contributed by atoms with Crippen LogP contribution in [-0.2, 0) is 4.79 Å². The van der Waals surface area contributed by atoms with Crippen molar-refractivity contribution < 1.29 is 9.59 Å². The molecular weight excluding hydrogens is 250 g/mol. The molecule has 1 N–H and O–H groups in total. The molecule has 0 atom stereocenters. The van der Waals surface area contributed by atoms with Crippen LogP contribution in [0.25, 0.3) is 6.08 Å². The number of para-hydroxylation sites is 1. The molecule has 0 saturated heterocycles. The lowest BCUT2D eigenvalue weighted by Gasteiger charge is -2.05. The van der Waals surface area contributed by atoms with Gasteiger partial charge in [-0.2, -0.15) is 0 Å². The normalized spacial score (nSPS) is 10.4. The summed E-state index contributed by atoms with van der Waals surface area (Å²) in [5, 5.41) is 2.74. The maximum absolute atomic E-state index is 12.0. The number of carbonyl (C=O) groups excluding carboxylic acids is 2. The summed E-state index contributed by atoms with van der Waals surface area (Å²) in [5.41, 5.74) is 2.13. The van der Waals surface area contributed by atoms with Gasteiger partial charge in [0.25, 0.3) is 0 Å². The van der Waals surface area contributed by atoms with Gasteiger partial charge in [0.05, 0.1) is 0 Å². The lowest BCUT2D eigenvalue weighted by Crippen LogP contribution is -2.06. The third-order valence-electron chi connectivity index (χ3n) is 2.74. The largest absolute Gasteiger partial charge is 0.326 e. The SMILES string of the molecule is CC(=O)Nc1ccccc1/C=C/C(=O)c1ccccc1. The predicted molar refractivity (Wildman–Crippen MR) is 80.6 cm³/mol. The highest BCUT2D eigenvalue weighted by atomic mass is 16.1. The molecule has 2 rings (SSSR count).